The first-order valence-corrected chi connectivity index (χ1v) is 55.0. The zero-order valence-corrected chi connectivity index (χ0v) is 84.1. The Morgan fingerprint density at radius 1 is 0.380 bits per heavy atom. The molecule has 5 aromatic heterocycles. The summed E-state index contributed by atoms with van der Waals surface area (Å²) in [4.78, 5) is 24.7. The van der Waals surface area contributed by atoms with Crippen molar-refractivity contribution < 1.29 is 105 Å². The molecule has 0 bridgehead atoms. The zero-order chi connectivity index (χ0) is 76.8. The first-order valence-electron chi connectivity index (χ1n) is 39.0. The minimum atomic E-state index is -1.46. The van der Waals surface area contributed by atoms with Crippen LogP contribution in [0, 0.1) is 42.7 Å². The SMILES string of the molecule is CC(C)(C)Cc1nc(-c2[c-]cccc2)ccc1[Si](C)(C)C.C[Si](C)(C)c1ccc(-c2[c-]cccc2)nc1-c1ccccc1.C[Si](C)(C)c1ccc(-c2[c-]cccc2)nc1C1CCCC1.C[Si](C)(C)c1ccc(-c2[c-]cccc2)nc1C1CCCCC1.[2H]c1[c-]c(-c2ncc([Si](C)(C)C)cc2C)cc([2H])c1[2H].[Ir].[Ir].[Ir].[Ir].[Ir]. The fraction of sp³-hybridized carbons (Fsp3) is 0.344. The van der Waals surface area contributed by atoms with Gasteiger partial charge in [0.15, 0.2) is 0 Å². The Labute approximate surface area is 728 Å². The van der Waals surface area contributed by atoms with E-state index in [4.69, 9.17) is 24.0 Å². The van der Waals surface area contributed by atoms with Crippen LogP contribution in [-0.4, -0.2) is 65.3 Å². The van der Waals surface area contributed by atoms with Crippen molar-refractivity contribution >= 4 is 66.3 Å². The summed E-state index contributed by atoms with van der Waals surface area (Å²) in [5.74, 6) is 1.34. The zero-order valence-electron chi connectivity index (χ0n) is 70.1. The molecule has 6 aromatic carbocycles. The Kier molecular flexibility index (Phi) is 36.6. The summed E-state index contributed by atoms with van der Waals surface area (Å²) in [7, 11) is -6.93. The number of aryl methyl sites for hydroxylation is 1. The maximum Gasteiger partial charge on any atom is 0.0803 e. The summed E-state index contributed by atoms with van der Waals surface area (Å²) >= 11 is 0. The molecule has 2 aliphatic carbocycles. The van der Waals surface area contributed by atoms with Crippen LogP contribution in [0.4, 0.5) is 0 Å². The van der Waals surface area contributed by atoms with Gasteiger partial charge in [0.1, 0.15) is 0 Å². The Hall–Kier alpha value is -4.60. The minimum absolute atomic E-state index is 0. The van der Waals surface area contributed by atoms with Gasteiger partial charge >= 0.3 is 0 Å². The molecule has 0 spiro atoms. The van der Waals surface area contributed by atoms with Gasteiger partial charge in [-0.3, -0.25) is 4.98 Å². The van der Waals surface area contributed by atoms with Crippen molar-refractivity contribution in [2.24, 2.45) is 5.41 Å². The van der Waals surface area contributed by atoms with Crippen LogP contribution in [0.3, 0.4) is 0 Å². The van der Waals surface area contributed by atoms with Crippen LogP contribution in [0.1, 0.15) is 117 Å². The molecule has 5 heterocycles. The standard InChI is InChI=1S/C20H26NSi.C20H20NSi.C19H24NSi.C19H26NSi.C15H18NSi.5Ir/c2*1-22(2,3)19-15-14-18(16-10-6-4-7-11-16)21-20(19)17-12-8-5-9-13-17;1-21(2,3)18-14-13-17(15-9-5-4-6-10-15)20-19(18)16-11-7-8-12-16;1-19(2,3)14-17-18(21(4,5)6)13-12-16(20-17)15-10-8-7-9-11-15;1-12-10-14(17(2,3)4)11-16-15(12)13-8-6-5-7-9-13;;;;;/h4,6-7,10,14-15,17H,5,8-9,12-13H2,1-3H3;4-10,12-15H,1-3H3;4-6,9,13-14,16H,7-8,11-12H2,1-3H3;7-10,12-13H,14H2,1-6H3;5-8,10-11H,1-4H3;;;;;/q5*-1;;;;;/i;;;;5D,6D,7D;;;;;. The Morgan fingerprint density at radius 3 is 1.13 bits per heavy atom. The van der Waals surface area contributed by atoms with E-state index < -0.39 is 40.4 Å². The quantitative estimate of drug-likeness (QED) is 0.0802. The van der Waals surface area contributed by atoms with Gasteiger partial charge in [-0.1, -0.05) is 242 Å². The van der Waals surface area contributed by atoms with Crippen molar-refractivity contribution in [3.05, 3.63) is 265 Å². The Morgan fingerprint density at radius 2 is 0.759 bits per heavy atom. The van der Waals surface area contributed by atoms with Crippen LogP contribution in [0.5, 0.6) is 0 Å². The van der Waals surface area contributed by atoms with E-state index in [9.17, 15) is 0 Å². The summed E-state index contributed by atoms with van der Waals surface area (Å²) in [5.41, 5.74) is 17.6. The summed E-state index contributed by atoms with van der Waals surface area (Å²) in [6.07, 6.45) is 15.0. The predicted octanol–water partition coefficient (Wildman–Crippen LogP) is 22.7. The maximum atomic E-state index is 7.71. The molecule has 0 saturated heterocycles. The third kappa shape index (κ3) is 28.2. The predicted molar refractivity (Wildman–Crippen MR) is 458 cm³/mol. The topological polar surface area (TPSA) is 64.5 Å². The molecule has 2 saturated carbocycles. The first kappa shape index (κ1) is 90.6. The summed E-state index contributed by atoms with van der Waals surface area (Å²) in [6.45, 7) is 44.5. The van der Waals surface area contributed by atoms with Gasteiger partial charge < -0.3 is 19.9 Å². The molecule has 0 unspecified atom stereocenters. The number of hydrogen-bond donors (Lipinski definition) is 0. The van der Waals surface area contributed by atoms with E-state index >= 15 is 0 Å². The van der Waals surface area contributed by atoms with E-state index in [1.807, 2.05) is 79.9 Å². The molecule has 581 valence electrons. The third-order valence-electron chi connectivity index (χ3n) is 19.1. The number of nitrogens with zero attached hydrogens (tertiary/aromatic N) is 5. The molecule has 108 heavy (non-hydrogen) atoms. The van der Waals surface area contributed by atoms with Crippen molar-refractivity contribution in [2.45, 2.75) is 202 Å². The summed E-state index contributed by atoms with van der Waals surface area (Å²) in [5, 5.41) is 7.27. The van der Waals surface area contributed by atoms with Gasteiger partial charge in [-0.2, -0.15) is 0 Å². The summed E-state index contributed by atoms with van der Waals surface area (Å²) in [6, 6.07) is 80.5. The molecule has 5 radical (unpaired) electrons. The minimum Gasteiger partial charge on any atom is -0.305 e. The van der Waals surface area contributed by atoms with Crippen molar-refractivity contribution in [1.29, 1.82) is 0 Å². The van der Waals surface area contributed by atoms with Crippen molar-refractivity contribution in [3.8, 4) is 67.5 Å². The molecule has 13 rings (SSSR count). The van der Waals surface area contributed by atoms with Crippen LogP contribution in [0.2, 0.25) is 98.2 Å². The second-order valence-corrected chi connectivity index (χ2v) is 59.5. The van der Waals surface area contributed by atoms with Crippen LogP contribution in [-0.2, 0) is 107 Å². The molecule has 0 amide bonds. The summed E-state index contributed by atoms with van der Waals surface area (Å²) < 4.78 is 22.9. The second-order valence-electron chi connectivity index (χ2n) is 34.3. The number of aromatic nitrogens is 5. The molecule has 5 nitrogen and oxygen atoms in total. The van der Waals surface area contributed by atoms with Gasteiger partial charge in [-0.05, 0) is 106 Å². The van der Waals surface area contributed by atoms with Crippen LogP contribution in [0.25, 0.3) is 67.5 Å². The average Bonchev–Trinajstić information content (AvgIpc) is 0.880. The van der Waals surface area contributed by atoms with Crippen molar-refractivity contribution in [1.82, 2.24) is 24.9 Å². The van der Waals surface area contributed by atoms with Gasteiger partial charge in [0.2, 0.25) is 0 Å². The van der Waals surface area contributed by atoms with Gasteiger partial charge in [-0.15, -0.1) is 179 Å². The van der Waals surface area contributed by atoms with Gasteiger partial charge in [0.25, 0.3) is 0 Å². The molecule has 0 aliphatic heterocycles. The van der Waals surface area contributed by atoms with Gasteiger partial charge in [0.05, 0.1) is 46.1 Å². The normalized spacial score (nSPS) is 13.5. The van der Waals surface area contributed by atoms with Crippen molar-refractivity contribution in [3.63, 3.8) is 0 Å². The van der Waals surface area contributed by atoms with Gasteiger partial charge in [0, 0.05) is 138 Å². The maximum absolute atomic E-state index is 7.71. The second kappa shape index (κ2) is 43.6. The van der Waals surface area contributed by atoms with E-state index in [-0.39, 0.29) is 124 Å². The third-order valence-corrected chi connectivity index (χ3v) is 29.3. The molecule has 2 aliphatic rings. The molecule has 0 atom stereocenters. The molecule has 11 aromatic rings. The Balaban J connectivity index is 0.000000290. The Bertz CT molecular complexity index is 4650. The number of benzene rings is 6. The molecule has 2 fully saturated rings. The van der Waals surface area contributed by atoms with E-state index in [2.05, 4.69) is 270 Å². The fourth-order valence-electron chi connectivity index (χ4n) is 13.6. The van der Waals surface area contributed by atoms with E-state index in [1.165, 1.54) is 96.0 Å². The average molecular weight is 2410 g/mol. The van der Waals surface area contributed by atoms with Crippen LogP contribution >= 0.6 is 0 Å². The van der Waals surface area contributed by atoms with Crippen LogP contribution < -0.4 is 25.9 Å². The number of rotatable bonds is 14. The van der Waals surface area contributed by atoms with E-state index in [0.29, 0.717) is 17.4 Å². The molecule has 15 heteroatoms. The largest absolute Gasteiger partial charge is 0.305 e. The fourth-order valence-corrected chi connectivity index (χ4v) is 21.0. The smallest absolute Gasteiger partial charge is 0.0803 e. The van der Waals surface area contributed by atoms with Gasteiger partial charge in [-0.25, -0.2) is 0 Å². The molecule has 0 N–H and O–H groups in total. The number of hydrogen-bond acceptors (Lipinski definition) is 5. The first-order chi connectivity index (χ1) is 50.0. The van der Waals surface area contributed by atoms with E-state index in [0.717, 1.165) is 68.4 Å². The molecular weight excluding hydrogens is 2290 g/mol. The monoisotopic (exact) mass is 2410 g/mol. The van der Waals surface area contributed by atoms with Crippen LogP contribution in [0.15, 0.2) is 212 Å². The number of pyridine rings is 5. The molecular formula is C93H114Ir5N5Si5-5. The van der Waals surface area contributed by atoms with Crippen molar-refractivity contribution in [2.75, 3.05) is 0 Å². The van der Waals surface area contributed by atoms with E-state index in [1.54, 1.807) is 16.4 Å².